The molecule has 3 aromatic heterocycles. The smallest absolute Gasteiger partial charge is 0.364 e. The first-order valence-corrected chi connectivity index (χ1v) is 7.12. The van der Waals surface area contributed by atoms with E-state index in [0.29, 0.717) is 5.82 Å². The monoisotopic (exact) mass is 349 g/mol. The maximum Gasteiger partial charge on any atom is 0.417 e. The largest absolute Gasteiger partial charge is 0.417 e. The third kappa shape index (κ3) is 4.06. The molecule has 5 nitrogen and oxygen atoms in total. The minimum Gasteiger partial charge on any atom is -0.364 e. The molecule has 0 atom stereocenters. The second-order valence-corrected chi connectivity index (χ2v) is 5.01. The summed E-state index contributed by atoms with van der Waals surface area (Å²) in [6, 6.07) is 5.20. The summed E-state index contributed by atoms with van der Waals surface area (Å²) in [5, 5.41) is 2.86. The number of anilines is 1. The zero-order valence-electron chi connectivity index (χ0n) is 12.6. The van der Waals surface area contributed by atoms with Gasteiger partial charge in [0.15, 0.2) is 5.82 Å². The van der Waals surface area contributed by atoms with Crippen LogP contribution in [0.4, 0.5) is 23.4 Å². The number of pyridine rings is 2. The predicted octanol–water partition coefficient (Wildman–Crippen LogP) is 3.70. The summed E-state index contributed by atoms with van der Waals surface area (Å²) in [4.78, 5) is 15.6. The number of hydrogen-bond acceptors (Lipinski definition) is 5. The van der Waals surface area contributed by atoms with Gasteiger partial charge in [-0.2, -0.15) is 13.2 Å². The summed E-state index contributed by atoms with van der Waals surface area (Å²) in [5.41, 5.74) is -0.562. The summed E-state index contributed by atoms with van der Waals surface area (Å²) >= 11 is 0. The van der Waals surface area contributed by atoms with Crippen LogP contribution in [0.1, 0.15) is 11.3 Å². The minimum absolute atomic E-state index is 0.0734. The molecule has 3 heterocycles. The SMILES string of the molecule is Fc1cccnc1CNc1ccnc(-c2cncc(C(F)(F)F)c2)n1. The molecule has 0 radical (unpaired) electrons. The summed E-state index contributed by atoms with van der Waals surface area (Å²) in [5.74, 6) is -0.0658. The van der Waals surface area contributed by atoms with Crippen molar-refractivity contribution in [3.8, 4) is 11.4 Å². The maximum atomic E-state index is 13.5. The highest BCUT2D eigenvalue weighted by atomic mass is 19.4. The van der Waals surface area contributed by atoms with Gasteiger partial charge in [0, 0.05) is 30.4 Å². The second kappa shape index (κ2) is 6.80. The molecule has 3 rings (SSSR count). The van der Waals surface area contributed by atoms with Crippen molar-refractivity contribution in [1.29, 1.82) is 0 Å². The standard InChI is InChI=1S/C16H11F4N5/c17-12-2-1-4-22-13(12)9-24-14-3-5-23-15(25-14)10-6-11(8-21-7-10)16(18,19)20/h1-8H,9H2,(H,23,24,25). The van der Waals surface area contributed by atoms with Crippen molar-refractivity contribution in [2.45, 2.75) is 12.7 Å². The fourth-order valence-electron chi connectivity index (χ4n) is 2.04. The number of hydrogen-bond donors (Lipinski definition) is 1. The summed E-state index contributed by atoms with van der Waals surface area (Å²) in [7, 11) is 0. The first-order chi connectivity index (χ1) is 11.9. The summed E-state index contributed by atoms with van der Waals surface area (Å²) < 4.78 is 51.9. The molecule has 0 aliphatic carbocycles. The van der Waals surface area contributed by atoms with Gasteiger partial charge in [-0.05, 0) is 24.3 Å². The van der Waals surface area contributed by atoms with Crippen LogP contribution in [0.25, 0.3) is 11.4 Å². The van der Waals surface area contributed by atoms with Crippen LogP contribution in [0.2, 0.25) is 0 Å². The van der Waals surface area contributed by atoms with Crippen LogP contribution in [0, 0.1) is 5.82 Å². The van der Waals surface area contributed by atoms with Crippen molar-refractivity contribution in [1.82, 2.24) is 19.9 Å². The van der Waals surface area contributed by atoms with Gasteiger partial charge in [0.25, 0.3) is 0 Å². The lowest BCUT2D eigenvalue weighted by atomic mass is 10.2. The quantitative estimate of drug-likeness (QED) is 0.728. The number of nitrogens with one attached hydrogen (secondary N) is 1. The van der Waals surface area contributed by atoms with Crippen molar-refractivity contribution < 1.29 is 17.6 Å². The molecule has 128 valence electrons. The van der Waals surface area contributed by atoms with Crippen molar-refractivity contribution in [2.75, 3.05) is 5.32 Å². The van der Waals surface area contributed by atoms with Crippen molar-refractivity contribution in [3.05, 3.63) is 66.1 Å². The van der Waals surface area contributed by atoms with Gasteiger partial charge >= 0.3 is 6.18 Å². The van der Waals surface area contributed by atoms with Crippen LogP contribution in [0.3, 0.4) is 0 Å². The highest BCUT2D eigenvalue weighted by Gasteiger charge is 2.31. The van der Waals surface area contributed by atoms with E-state index < -0.39 is 17.6 Å². The van der Waals surface area contributed by atoms with Gasteiger partial charge < -0.3 is 5.32 Å². The Morgan fingerprint density at radius 3 is 2.64 bits per heavy atom. The molecule has 3 aromatic rings. The first kappa shape index (κ1) is 16.7. The first-order valence-electron chi connectivity index (χ1n) is 7.12. The Kier molecular flexibility index (Phi) is 4.55. The van der Waals surface area contributed by atoms with Crippen LogP contribution in [0.5, 0.6) is 0 Å². The lowest BCUT2D eigenvalue weighted by Gasteiger charge is -2.09. The Hall–Kier alpha value is -3.10. The van der Waals surface area contributed by atoms with Gasteiger partial charge in [0.2, 0.25) is 0 Å². The molecule has 0 aliphatic heterocycles. The van der Waals surface area contributed by atoms with Crippen LogP contribution < -0.4 is 5.32 Å². The topological polar surface area (TPSA) is 63.6 Å². The summed E-state index contributed by atoms with van der Waals surface area (Å²) in [6.45, 7) is 0.0734. The molecule has 0 amide bonds. The number of rotatable bonds is 4. The average Bonchev–Trinajstić information content (AvgIpc) is 2.61. The number of nitrogens with zero attached hydrogens (tertiary/aromatic N) is 4. The Morgan fingerprint density at radius 2 is 1.88 bits per heavy atom. The predicted molar refractivity (Wildman–Crippen MR) is 81.8 cm³/mol. The zero-order chi connectivity index (χ0) is 17.9. The minimum atomic E-state index is -4.50. The Labute approximate surface area is 139 Å². The molecule has 0 saturated heterocycles. The molecule has 0 aliphatic rings. The molecular weight excluding hydrogens is 338 g/mol. The second-order valence-electron chi connectivity index (χ2n) is 5.01. The van der Waals surface area contributed by atoms with Gasteiger partial charge in [0.1, 0.15) is 11.6 Å². The Balaban J connectivity index is 1.81. The third-order valence-corrected chi connectivity index (χ3v) is 3.25. The van der Waals surface area contributed by atoms with Crippen LogP contribution in [-0.2, 0) is 12.7 Å². The van der Waals surface area contributed by atoms with E-state index in [2.05, 4.69) is 25.3 Å². The van der Waals surface area contributed by atoms with Crippen LogP contribution in [-0.4, -0.2) is 19.9 Å². The van der Waals surface area contributed by atoms with Gasteiger partial charge in [0.05, 0.1) is 17.8 Å². The van der Waals surface area contributed by atoms with Crippen LogP contribution >= 0.6 is 0 Å². The highest BCUT2D eigenvalue weighted by Crippen LogP contribution is 2.30. The lowest BCUT2D eigenvalue weighted by Crippen LogP contribution is -2.07. The van der Waals surface area contributed by atoms with Gasteiger partial charge in [-0.3, -0.25) is 9.97 Å². The molecule has 25 heavy (non-hydrogen) atoms. The van der Waals surface area contributed by atoms with Gasteiger partial charge in [-0.1, -0.05) is 0 Å². The van der Waals surface area contributed by atoms with Crippen LogP contribution in [0.15, 0.2) is 49.1 Å². The van der Waals surface area contributed by atoms with Gasteiger partial charge in [-0.25, -0.2) is 14.4 Å². The fourth-order valence-corrected chi connectivity index (χ4v) is 2.04. The van der Waals surface area contributed by atoms with Crippen molar-refractivity contribution in [2.24, 2.45) is 0 Å². The molecular formula is C16H11F4N5. The molecule has 1 N–H and O–H groups in total. The van der Waals surface area contributed by atoms with E-state index in [0.717, 1.165) is 12.3 Å². The average molecular weight is 349 g/mol. The summed E-state index contributed by atoms with van der Waals surface area (Å²) in [6.07, 6.45) is 0.317. The normalized spacial score (nSPS) is 11.4. The zero-order valence-corrected chi connectivity index (χ0v) is 12.6. The third-order valence-electron chi connectivity index (χ3n) is 3.25. The van der Waals surface area contributed by atoms with Gasteiger partial charge in [-0.15, -0.1) is 0 Å². The number of aromatic nitrogens is 4. The fraction of sp³-hybridized carbons (Fsp3) is 0.125. The van der Waals surface area contributed by atoms with E-state index in [9.17, 15) is 17.6 Å². The molecule has 0 saturated carbocycles. The molecule has 0 spiro atoms. The van der Waals surface area contributed by atoms with E-state index >= 15 is 0 Å². The lowest BCUT2D eigenvalue weighted by molar-refractivity contribution is -0.137. The van der Waals surface area contributed by atoms with E-state index in [1.807, 2.05) is 0 Å². The van der Waals surface area contributed by atoms with E-state index in [4.69, 9.17) is 0 Å². The van der Waals surface area contributed by atoms with E-state index in [-0.39, 0.29) is 23.6 Å². The Bertz CT molecular complexity index is 882. The number of alkyl halides is 3. The molecule has 9 heteroatoms. The van der Waals surface area contributed by atoms with Crippen molar-refractivity contribution >= 4 is 5.82 Å². The highest BCUT2D eigenvalue weighted by molar-refractivity contribution is 5.56. The van der Waals surface area contributed by atoms with Crippen molar-refractivity contribution in [3.63, 3.8) is 0 Å². The Morgan fingerprint density at radius 1 is 1.04 bits per heavy atom. The van der Waals surface area contributed by atoms with E-state index in [1.54, 1.807) is 0 Å². The molecule has 0 bridgehead atoms. The number of halogens is 4. The molecule has 0 fully saturated rings. The molecule has 0 unspecified atom stereocenters. The maximum absolute atomic E-state index is 13.5. The molecule has 0 aromatic carbocycles. The van der Waals surface area contributed by atoms with E-state index in [1.165, 1.54) is 36.8 Å².